The van der Waals surface area contributed by atoms with E-state index in [1.54, 1.807) is 6.07 Å². The fourth-order valence-corrected chi connectivity index (χ4v) is 5.08. The highest BCUT2D eigenvalue weighted by molar-refractivity contribution is 7.86. The molecule has 5 N–H and O–H groups in total. The van der Waals surface area contributed by atoms with Gasteiger partial charge >= 0.3 is 0 Å². The van der Waals surface area contributed by atoms with E-state index in [4.69, 9.17) is 10.5 Å². The first-order valence-corrected chi connectivity index (χ1v) is 13.4. The molecule has 1 aromatic heterocycles. The van der Waals surface area contributed by atoms with Gasteiger partial charge in [-0.1, -0.05) is 42.5 Å². The van der Waals surface area contributed by atoms with Crippen LogP contribution >= 0.6 is 0 Å². The summed E-state index contributed by atoms with van der Waals surface area (Å²) in [5.41, 5.74) is 5.91. The molecule has 15 heteroatoms. The van der Waals surface area contributed by atoms with Crippen LogP contribution in [0, 0.1) is 0 Å². The number of morpholine rings is 1. The van der Waals surface area contributed by atoms with Crippen LogP contribution in [0.2, 0.25) is 0 Å². The van der Waals surface area contributed by atoms with Crippen LogP contribution in [0.1, 0.15) is 11.1 Å². The monoisotopic (exact) mass is 534 g/mol. The summed E-state index contributed by atoms with van der Waals surface area (Å²) in [6, 6.07) is 9.92. The van der Waals surface area contributed by atoms with Crippen molar-refractivity contribution >= 4 is 55.9 Å². The van der Waals surface area contributed by atoms with E-state index in [0.29, 0.717) is 26.3 Å². The number of rotatable bonds is 7. The van der Waals surface area contributed by atoms with E-state index in [0.717, 1.165) is 0 Å². The van der Waals surface area contributed by atoms with Crippen LogP contribution in [0.5, 0.6) is 0 Å². The first-order chi connectivity index (χ1) is 17.0. The lowest BCUT2D eigenvalue weighted by molar-refractivity contribution is 0.122. The topological polar surface area (TPSA) is 198 Å². The van der Waals surface area contributed by atoms with Crippen LogP contribution in [0.15, 0.2) is 52.3 Å². The minimum Gasteiger partial charge on any atom is -0.378 e. The van der Waals surface area contributed by atoms with E-state index < -0.39 is 25.1 Å². The zero-order valence-electron chi connectivity index (χ0n) is 18.6. The SMILES string of the molecule is Nc1nc(Nc2cccc(C=Cc3ccccc3S(=O)(=O)O)c2S(=O)(=O)O)nc(N2CCOCC2)n1. The van der Waals surface area contributed by atoms with Gasteiger partial charge in [-0.3, -0.25) is 9.11 Å². The van der Waals surface area contributed by atoms with E-state index in [2.05, 4.69) is 20.3 Å². The van der Waals surface area contributed by atoms with Crippen molar-refractivity contribution < 1.29 is 30.7 Å². The first kappa shape index (κ1) is 25.5. The zero-order valence-corrected chi connectivity index (χ0v) is 20.3. The predicted octanol–water partition coefficient (Wildman–Crippen LogP) is 1.70. The van der Waals surface area contributed by atoms with Crippen molar-refractivity contribution in [1.82, 2.24) is 15.0 Å². The number of nitrogen functional groups attached to an aromatic ring is 1. The number of ether oxygens (including phenoxy) is 1. The molecule has 0 saturated carbocycles. The Morgan fingerprint density at radius 2 is 1.56 bits per heavy atom. The summed E-state index contributed by atoms with van der Waals surface area (Å²) in [5.74, 6) is 0.131. The second-order valence-corrected chi connectivity index (χ2v) is 10.3. The maximum absolute atomic E-state index is 12.3. The number of hydrogen-bond donors (Lipinski definition) is 4. The lowest BCUT2D eigenvalue weighted by atomic mass is 10.1. The molecule has 1 saturated heterocycles. The van der Waals surface area contributed by atoms with Crippen LogP contribution in [0.4, 0.5) is 23.5 Å². The molecule has 190 valence electrons. The van der Waals surface area contributed by atoms with Crippen LogP contribution < -0.4 is 16.0 Å². The Balaban J connectivity index is 1.73. The third-order valence-corrected chi connectivity index (χ3v) is 7.02. The second kappa shape index (κ2) is 10.2. The van der Waals surface area contributed by atoms with E-state index in [9.17, 15) is 25.9 Å². The number of hydrogen-bond acceptors (Lipinski definition) is 11. The van der Waals surface area contributed by atoms with Crippen LogP contribution in [-0.4, -0.2) is 67.2 Å². The summed E-state index contributed by atoms with van der Waals surface area (Å²) < 4.78 is 72.7. The molecule has 1 fully saturated rings. The van der Waals surface area contributed by atoms with Gasteiger partial charge in [0.1, 0.15) is 9.79 Å². The molecule has 0 bridgehead atoms. The molecule has 0 atom stereocenters. The number of nitrogens with one attached hydrogen (secondary N) is 1. The average Bonchev–Trinajstić information content (AvgIpc) is 2.82. The van der Waals surface area contributed by atoms with Crippen molar-refractivity contribution in [3.63, 3.8) is 0 Å². The van der Waals surface area contributed by atoms with Crippen LogP contribution in [0.25, 0.3) is 12.2 Å². The Morgan fingerprint density at radius 1 is 0.889 bits per heavy atom. The predicted molar refractivity (Wildman–Crippen MR) is 132 cm³/mol. The molecule has 36 heavy (non-hydrogen) atoms. The third kappa shape index (κ3) is 5.95. The molecule has 1 aliphatic heterocycles. The van der Waals surface area contributed by atoms with Crippen LogP contribution in [-0.2, 0) is 25.0 Å². The molecule has 2 heterocycles. The maximum Gasteiger partial charge on any atom is 0.297 e. The zero-order chi connectivity index (χ0) is 25.9. The van der Waals surface area contributed by atoms with Crippen molar-refractivity contribution in [3.8, 4) is 0 Å². The van der Waals surface area contributed by atoms with Gasteiger partial charge in [-0.25, -0.2) is 0 Å². The molecule has 3 aromatic rings. The molecular formula is C21H22N6O7S2. The highest BCUT2D eigenvalue weighted by Crippen LogP contribution is 2.30. The standard InChI is InChI=1S/C21H22N6O7S2/c22-19-24-20(26-21(25-19)27-10-12-34-13-11-27)23-16-6-3-5-15(18(16)36(31,32)33)9-8-14-4-1-2-7-17(14)35(28,29)30/h1-9H,10-13H2,(H,28,29,30)(H,31,32,33)(H3,22,23,24,25,26). The quantitative estimate of drug-likeness (QED) is 0.252. The van der Waals surface area contributed by atoms with Gasteiger partial charge in [-0.05, 0) is 23.3 Å². The summed E-state index contributed by atoms with van der Waals surface area (Å²) in [6.45, 7) is 2.03. The van der Waals surface area contributed by atoms with E-state index in [1.165, 1.54) is 48.6 Å². The molecular weight excluding hydrogens is 512 g/mol. The summed E-state index contributed by atoms with van der Waals surface area (Å²) >= 11 is 0. The fourth-order valence-electron chi connectivity index (χ4n) is 3.57. The third-order valence-electron chi connectivity index (χ3n) is 5.12. The number of aromatic nitrogens is 3. The molecule has 0 aliphatic carbocycles. The van der Waals surface area contributed by atoms with Crippen molar-refractivity contribution in [2.45, 2.75) is 9.79 Å². The summed E-state index contributed by atoms with van der Waals surface area (Å²) in [6.07, 6.45) is 2.59. The fraction of sp³-hybridized carbons (Fsp3) is 0.190. The lowest BCUT2D eigenvalue weighted by Crippen LogP contribution is -2.37. The second-order valence-electron chi connectivity index (χ2n) is 7.59. The summed E-state index contributed by atoms with van der Waals surface area (Å²) in [5, 5.41) is 2.76. The molecule has 0 spiro atoms. The van der Waals surface area contributed by atoms with Gasteiger partial charge in [-0.2, -0.15) is 31.8 Å². The molecule has 0 radical (unpaired) electrons. The Morgan fingerprint density at radius 3 is 2.25 bits per heavy atom. The Labute approximate surface area is 207 Å². The minimum absolute atomic E-state index is 0.0306. The van der Waals surface area contributed by atoms with Crippen molar-refractivity contribution in [2.24, 2.45) is 0 Å². The number of nitrogens with zero attached hydrogens (tertiary/aromatic N) is 4. The highest BCUT2D eigenvalue weighted by atomic mass is 32.2. The van der Waals surface area contributed by atoms with Gasteiger partial charge in [-0.15, -0.1) is 0 Å². The molecule has 13 nitrogen and oxygen atoms in total. The number of nitrogens with two attached hydrogens (primary N) is 1. The van der Waals surface area contributed by atoms with Crippen LogP contribution in [0.3, 0.4) is 0 Å². The van der Waals surface area contributed by atoms with E-state index >= 15 is 0 Å². The van der Waals surface area contributed by atoms with Gasteiger partial charge in [0, 0.05) is 13.1 Å². The van der Waals surface area contributed by atoms with E-state index in [1.807, 2.05) is 4.90 Å². The summed E-state index contributed by atoms with van der Waals surface area (Å²) in [4.78, 5) is 13.4. The van der Waals surface area contributed by atoms with Crippen molar-refractivity contribution in [1.29, 1.82) is 0 Å². The van der Waals surface area contributed by atoms with Gasteiger partial charge in [0.25, 0.3) is 20.2 Å². The number of anilines is 4. The van der Waals surface area contributed by atoms with Gasteiger partial charge in [0.15, 0.2) is 0 Å². The first-order valence-electron chi connectivity index (χ1n) is 10.5. The smallest absolute Gasteiger partial charge is 0.297 e. The lowest BCUT2D eigenvalue weighted by Gasteiger charge is -2.26. The normalized spacial score (nSPS) is 14.8. The molecule has 4 rings (SSSR count). The Kier molecular flexibility index (Phi) is 7.18. The maximum atomic E-state index is 12.3. The van der Waals surface area contributed by atoms with Crippen molar-refractivity contribution in [3.05, 3.63) is 53.6 Å². The average molecular weight is 535 g/mol. The van der Waals surface area contributed by atoms with E-state index in [-0.39, 0.29) is 39.6 Å². The Hall–Kier alpha value is -3.63. The molecule has 2 aromatic carbocycles. The van der Waals surface area contributed by atoms with Gasteiger partial charge in [0.2, 0.25) is 17.8 Å². The van der Waals surface area contributed by atoms with Gasteiger partial charge in [0.05, 0.1) is 18.9 Å². The highest BCUT2D eigenvalue weighted by Gasteiger charge is 2.22. The minimum atomic E-state index is -4.78. The largest absolute Gasteiger partial charge is 0.378 e. The Bertz CT molecular complexity index is 1520. The molecule has 0 unspecified atom stereocenters. The number of benzene rings is 2. The molecule has 0 amide bonds. The van der Waals surface area contributed by atoms with Gasteiger partial charge < -0.3 is 20.7 Å². The van der Waals surface area contributed by atoms with Crippen molar-refractivity contribution in [2.75, 3.05) is 42.3 Å². The molecule has 1 aliphatic rings. The summed E-state index contributed by atoms with van der Waals surface area (Å²) in [7, 11) is -9.30.